The Bertz CT molecular complexity index is 689. The number of aromatic nitrogens is 2. The largest absolute Gasteiger partial charge is 0.435 e. The van der Waals surface area contributed by atoms with E-state index in [1.54, 1.807) is 19.2 Å². The Morgan fingerprint density at radius 1 is 1.33 bits per heavy atom. The van der Waals surface area contributed by atoms with Gasteiger partial charge in [-0.05, 0) is 38.0 Å². The summed E-state index contributed by atoms with van der Waals surface area (Å²) in [5, 5.41) is 3.04. The summed E-state index contributed by atoms with van der Waals surface area (Å²) in [5.41, 5.74) is 0.765. The first-order chi connectivity index (χ1) is 10.1. The Balaban J connectivity index is 2.00. The van der Waals surface area contributed by atoms with Gasteiger partial charge in [-0.15, -0.1) is 0 Å². The smallest absolute Gasteiger partial charge is 0.227 e. The molecule has 0 unspecified atom stereocenters. The number of hydrogen-bond acceptors (Lipinski definition) is 4. The van der Waals surface area contributed by atoms with Crippen LogP contribution in [0.5, 0.6) is 11.6 Å². The van der Waals surface area contributed by atoms with E-state index in [9.17, 15) is 4.39 Å². The Morgan fingerprint density at radius 2 is 2.10 bits per heavy atom. The van der Waals surface area contributed by atoms with Crippen molar-refractivity contribution in [3.05, 3.63) is 39.9 Å². The van der Waals surface area contributed by atoms with Crippen LogP contribution in [0.1, 0.15) is 30.1 Å². The summed E-state index contributed by atoms with van der Waals surface area (Å²) < 4.78 is 20.3. The summed E-state index contributed by atoms with van der Waals surface area (Å²) in [7, 11) is 1.80. The van der Waals surface area contributed by atoms with E-state index in [-0.39, 0.29) is 5.75 Å². The second kappa shape index (κ2) is 5.60. The van der Waals surface area contributed by atoms with Crippen LogP contribution in [0.4, 0.5) is 10.2 Å². The minimum Gasteiger partial charge on any atom is -0.435 e. The number of ether oxygens (including phenoxy) is 1. The SMILES string of the molecule is CNc1nc(C2CC2)nc(Oc2cc(Br)ccc2F)c1C. The third-order valence-corrected chi connectivity index (χ3v) is 3.89. The zero-order valence-electron chi connectivity index (χ0n) is 11.8. The molecule has 0 spiro atoms. The van der Waals surface area contributed by atoms with Gasteiger partial charge >= 0.3 is 0 Å². The summed E-state index contributed by atoms with van der Waals surface area (Å²) in [5.74, 6) is 2.00. The van der Waals surface area contributed by atoms with E-state index in [0.717, 1.165) is 34.5 Å². The van der Waals surface area contributed by atoms with Gasteiger partial charge in [-0.1, -0.05) is 15.9 Å². The number of rotatable bonds is 4. The molecule has 1 heterocycles. The molecular weight excluding hydrogens is 337 g/mol. The molecule has 0 amide bonds. The molecule has 110 valence electrons. The van der Waals surface area contributed by atoms with Crippen molar-refractivity contribution < 1.29 is 9.13 Å². The highest BCUT2D eigenvalue weighted by Crippen LogP contribution is 2.40. The lowest BCUT2D eigenvalue weighted by Crippen LogP contribution is -2.05. The second-order valence-electron chi connectivity index (χ2n) is 5.06. The van der Waals surface area contributed by atoms with Crippen LogP contribution in [0.15, 0.2) is 22.7 Å². The average Bonchev–Trinajstić information content (AvgIpc) is 3.29. The fourth-order valence-electron chi connectivity index (χ4n) is 2.04. The van der Waals surface area contributed by atoms with Crippen LogP contribution >= 0.6 is 15.9 Å². The summed E-state index contributed by atoms with van der Waals surface area (Å²) in [6.07, 6.45) is 2.19. The quantitative estimate of drug-likeness (QED) is 0.886. The highest BCUT2D eigenvalue weighted by atomic mass is 79.9. The average molecular weight is 352 g/mol. The molecule has 0 atom stereocenters. The Labute approximate surface area is 130 Å². The van der Waals surface area contributed by atoms with Gasteiger partial charge in [-0.3, -0.25) is 0 Å². The van der Waals surface area contributed by atoms with Crippen molar-refractivity contribution >= 4 is 21.7 Å². The molecule has 0 bridgehead atoms. The number of anilines is 1. The highest BCUT2D eigenvalue weighted by Gasteiger charge is 2.28. The first kappa shape index (κ1) is 14.3. The van der Waals surface area contributed by atoms with Crippen molar-refractivity contribution in [1.82, 2.24) is 9.97 Å². The summed E-state index contributed by atoms with van der Waals surface area (Å²) in [4.78, 5) is 8.94. The van der Waals surface area contributed by atoms with Crippen LogP contribution in [0.2, 0.25) is 0 Å². The van der Waals surface area contributed by atoms with Crippen LogP contribution < -0.4 is 10.1 Å². The van der Waals surface area contributed by atoms with Crippen LogP contribution in [0.25, 0.3) is 0 Å². The molecule has 4 nitrogen and oxygen atoms in total. The minimum atomic E-state index is -0.421. The summed E-state index contributed by atoms with van der Waals surface area (Å²) >= 11 is 3.31. The Kier molecular flexibility index (Phi) is 3.80. The van der Waals surface area contributed by atoms with Gasteiger partial charge in [0.1, 0.15) is 11.6 Å². The first-order valence-electron chi connectivity index (χ1n) is 6.77. The number of halogens is 2. The molecule has 0 radical (unpaired) electrons. The molecule has 1 aliphatic rings. The van der Waals surface area contributed by atoms with Gasteiger partial charge < -0.3 is 10.1 Å². The van der Waals surface area contributed by atoms with E-state index in [1.807, 2.05) is 6.92 Å². The number of benzene rings is 1. The van der Waals surface area contributed by atoms with Gasteiger partial charge in [0.2, 0.25) is 5.88 Å². The molecule has 1 saturated carbocycles. The number of nitrogens with zero attached hydrogens (tertiary/aromatic N) is 2. The van der Waals surface area contributed by atoms with Crippen LogP contribution in [-0.4, -0.2) is 17.0 Å². The monoisotopic (exact) mass is 351 g/mol. The predicted octanol–water partition coefficient (Wildman–Crippen LogP) is 4.40. The lowest BCUT2D eigenvalue weighted by molar-refractivity contribution is 0.421. The van der Waals surface area contributed by atoms with E-state index >= 15 is 0 Å². The van der Waals surface area contributed by atoms with Crippen molar-refractivity contribution in [1.29, 1.82) is 0 Å². The lowest BCUT2D eigenvalue weighted by atomic mass is 10.3. The Morgan fingerprint density at radius 3 is 2.76 bits per heavy atom. The maximum absolute atomic E-state index is 13.8. The molecule has 1 N–H and O–H groups in total. The van der Waals surface area contributed by atoms with E-state index in [2.05, 4.69) is 31.2 Å². The molecule has 6 heteroatoms. The van der Waals surface area contributed by atoms with E-state index in [1.165, 1.54) is 6.07 Å². The van der Waals surface area contributed by atoms with E-state index in [0.29, 0.717) is 11.8 Å². The van der Waals surface area contributed by atoms with Crippen molar-refractivity contribution in [2.45, 2.75) is 25.7 Å². The number of nitrogens with one attached hydrogen (secondary N) is 1. The molecule has 21 heavy (non-hydrogen) atoms. The van der Waals surface area contributed by atoms with Gasteiger partial charge in [-0.2, -0.15) is 4.98 Å². The van der Waals surface area contributed by atoms with Gasteiger partial charge in [0.15, 0.2) is 11.6 Å². The van der Waals surface area contributed by atoms with Crippen molar-refractivity contribution in [3.63, 3.8) is 0 Å². The van der Waals surface area contributed by atoms with Gasteiger partial charge in [0, 0.05) is 17.4 Å². The van der Waals surface area contributed by atoms with Gasteiger partial charge in [0.25, 0.3) is 0 Å². The van der Waals surface area contributed by atoms with Crippen LogP contribution in [0, 0.1) is 12.7 Å². The van der Waals surface area contributed by atoms with Crippen molar-refractivity contribution in [3.8, 4) is 11.6 Å². The zero-order chi connectivity index (χ0) is 15.0. The highest BCUT2D eigenvalue weighted by molar-refractivity contribution is 9.10. The van der Waals surface area contributed by atoms with Crippen LogP contribution in [-0.2, 0) is 0 Å². The maximum Gasteiger partial charge on any atom is 0.227 e. The van der Waals surface area contributed by atoms with Crippen molar-refractivity contribution in [2.75, 3.05) is 12.4 Å². The molecule has 1 aliphatic carbocycles. The number of hydrogen-bond donors (Lipinski definition) is 1. The van der Waals surface area contributed by atoms with Gasteiger partial charge in [0.05, 0.1) is 5.56 Å². The molecule has 3 rings (SSSR count). The molecule has 1 aromatic heterocycles. The molecule has 1 aromatic carbocycles. The second-order valence-corrected chi connectivity index (χ2v) is 5.98. The Hall–Kier alpha value is -1.69. The molecular formula is C15H15BrFN3O. The maximum atomic E-state index is 13.8. The zero-order valence-corrected chi connectivity index (χ0v) is 13.4. The predicted molar refractivity (Wildman–Crippen MR) is 82.5 cm³/mol. The molecule has 2 aromatic rings. The molecule has 1 fully saturated rings. The third-order valence-electron chi connectivity index (χ3n) is 3.40. The van der Waals surface area contributed by atoms with E-state index < -0.39 is 5.82 Å². The molecule has 0 saturated heterocycles. The third kappa shape index (κ3) is 3.00. The summed E-state index contributed by atoms with van der Waals surface area (Å²) in [6, 6.07) is 4.58. The fraction of sp³-hybridized carbons (Fsp3) is 0.333. The molecule has 0 aliphatic heterocycles. The van der Waals surface area contributed by atoms with Crippen molar-refractivity contribution in [2.24, 2.45) is 0 Å². The lowest BCUT2D eigenvalue weighted by Gasteiger charge is -2.13. The van der Waals surface area contributed by atoms with E-state index in [4.69, 9.17) is 4.74 Å². The fourth-order valence-corrected chi connectivity index (χ4v) is 2.38. The topological polar surface area (TPSA) is 47.0 Å². The standard InChI is InChI=1S/C15H15BrFN3O/c1-8-13(18-2)19-14(9-3-4-9)20-15(8)21-12-7-10(16)5-6-11(12)17/h5-7,9H,3-4H2,1-2H3,(H,18,19,20). The van der Waals surface area contributed by atoms with Gasteiger partial charge in [-0.25, -0.2) is 9.37 Å². The summed E-state index contributed by atoms with van der Waals surface area (Å²) in [6.45, 7) is 1.85. The minimum absolute atomic E-state index is 0.148. The first-order valence-corrected chi connectivity index (χ1v) is 7.57. The normalized spacial score (nSPS) is 14.1. The van der Waals surface area contributed by atoms with Crippen LogP contribution in [0.3, 0.4) is 0 Å².